The van der Waals surface area contributed by atoms with E-state index < -0.39 is 11.7 Å². The highest BCUT2D eigenvalue weighted by Gasteiger charge is 2.32. The van der Waals surface area contributed by atoms with Gasteiger partial charge in [0.15, 0.2) is 0 Å². The van der Waals surface area contributed by atoms with Crippen LogP contribution in [0.5, 0.6) is 0 Å². The number of hydrogen-bond donors (Lipinski definition) is 1. The number of rotatable bonds is 4. The summed E-state index contributed by atoms with van der Waals surface area (Å²) in [6.07, 6.45) is -1.60. The van der Waals surface area contributed by atoms with Crippen molar-refractivity contribution in [2.24, 2.45) is 5.92 Å². The molecule has 3 nitrogen and oxygen atoms in total. The van der Waals surface area contributed by atoms with Gasteiger partial charge < -0.3 is 10.1 Å². The lowest BCUT2D eigenvalue weighted by molar-refractivity contribution is -0.137. The molecule has 1 aliphatic rings. The van der Waals surface area contributed by atoms with Crippen molar-refractivity contribution in [3.63, 3.8) is 0 Å². The number of pyridine rings is 1. The van der Waals surface area contributed by atoms with Crippen molar-refractivity contribution in [3.05, 3.63) is 22.8 Å². The van der Waals surface area contributed by atoms with Crippen LogP contribution >= 0.6 is 11.6 Å². The summed E-state index contributed by atoms with van der Waals surface area (Å²) < 4.78 is 43.0. The fraction of sp³-hybridized carbons (Fsp3) is 0.615. The molecule has 0 radical (unpaired) electrons. The Labute approximate surface area is 120 Å². The van der Waals surface area contributed by atoms with E-state index in [0.717, 1.165) is 31.7 Å². The van der Waals surface area contributed by atoms with Crippen molar-refractivity contribution in [3.8, 4) is 0 Å². The molecule has 1 saturated heterocycles. The zero-order valence-corrected chi connectivity index (χ0v) is 11.8. The number of aromatic nitrogens is 1. The summed E-state index contributed by atoms with van der Waals surface area (Å²) in [5, 5.41) is 2.99. The first kappa shape index (κ1) is 15.4. The summed E-state index contributed by atoms with van der Waals surface area (Å²) in [7, 11) is 0. The molecule has 1 N–H and O–H groups in total. The second kappa shape index (κ2) is 6.18. The average Bonchev–Trinajstić information content (AvgIpc) is 2.83. The second-order valence-electron chi connectivity index (χ2n) is 4.80. The van der Waals surface area contributed by atoms with E-state index in [0.29, 0.717) is 12.5 Å². The van der Waals surface area contributed by atoms with Crippen molar-refractivity contribution in [1.82, 2.24) is 4.98 Å². The smallest absolute Gasteiger partial charge is 0.378 e. The minimum Gasteiger partial charge on any atom is -0.378 e. The molecule has 0 spiro atoms. The van der Waals surface area contributed by atoms with Gasteiger partial charge in [-0.1, -0.05) is 18.5 Å². The molecular formula is C13H16ClF3N2O. The van der Waals surface area contributed by atoms with Gasteiger partial charge in [-0.25, -0.2) is 4.98 Å². The molecule has 1 fully saturated rings. The van der Waals surface area contributed by atoms with E-state index in [4.69, 9.17) is 16.3 Å². The van der Waals surface area contributed by atoms with Gasteiger partial charge >= 0.3 is 6.18 Å². The minimum atomic E-state index is -4.43. The summed E-state index contributed by atoms with van der Waals surface area (Å²) in [6, 6.07) is 0.888. The Kier molecular flexibility index (Phi) is 4.75. The van der Waals surface area contributed by atoms with E-state index in [2.05, 4.69) is 10.3 Å². The maximum Gasteiger partial charge on any atom is 0.417 e. The number of anilines is 1. The Balaban J connectivity index is 2.00. The Morgan fingerprint density at radius 2 is 2.25 bits per heavy atom. The predicted molar refractivity (Wildman–Crippen MR) is 70.9 cm³/mol. The third-order valence-electron chi connectivity index (χ3n) is 3.45. The summed E-state index contributed by atoms with van der Waals surface area (Å²) in [5.74, 6) is 0.613. The van der Waals surface area contributed by atoms with Crippen molar-refractivity contribution in [2.75, 3.05) is 18.5 Å². The van der Waals surface area contributed by atoms with Crippen LogP contribution in [0.1, 0.15) is 25.3 Å². The van der Waals surface area contributed by atoms with Crippen molar-refractivity contribution in [2.45, 2.75) is 32.0 Å². The van der Waals surface area contributed by atoms with E-state index >= 15 is 0 Å². The molecular weight excluding hydrogens is 293 g/mol. The Bertz CT molecular complexity index is 467. The van der Waals surface area contributed by atoms with Crippen molar-refractivity contribution >= 4 is 17.4 Å². The van der Waals surface area contributed by atoms with Crippen LogP contribution in [0.15, 0.2) is 12.3 Å². The first-order valence-electron chi connectivity index (χ1n) is 6.50. The van der Waals surface area contributed by atoms with Crippen LogP contribution in [0, 0.1) is 5.92 Å². The summed E-state index contributed by atoms with van der Waals surface area (Å²) in [5.41, 5.74) is -0.844. The topological polar surface area (TPSA) is 34.1 Å². The molecule has 2 unspecified atom stereocenters. The third kappa shape index (κ3) is 3.55. The van der Waals surface area contributed by atoms with Gasteiger partial charge in [0.25, 0.3) is 0 Å². The van der Waals surface area contributed by atoms with Crippen LogP contribution in [0.4, 0.5) is 19.0 Å². The Hall–Kier alpha value is -1.01. The van der Waals surface area contributed by atoms with Gasteiger partial charge in [-0.15, -0.1) is 0 Å². The first-order valence-corrected chi connectivity index (χ1v) is 6.87. The zero-order valence-electron chi connectivity index (χ0n) is 11.0. The molecule has 0 saturated carbocycles. The van der Waals surface area contributed by atoms with Crippen LogP contribution in [0.3, 0.4) is 0 Å². The summed E-state index contributed by atoms with van der Waals surface area (Å²) >= 11 is 5.83. The van der Waals surface area contributed by atoms with E-state index in [1.165, 1.54) is 0 Å². The quantitative estimate of drug-likeness (QED) is 0.913. The number of hydrogen-bond acceptors (Lipinski definition) is 3. The Morgan fingerprint density at radius 1 is 1.50 bits per heavy atom. The van der Waals surface area contributed by atoms with E-state index in [-0.39, 0.29) is 16.9 Å². The standard InChI is InChI=1S/C13H16ClF3N2O/c1-2-11-8(3-4-20-11)6-18-12-10(14)5-9(7-19-12)13(15,16)17/h5,7-8,11H,2-4,6H2,1H3,(H,18,19). The molecule has 2 rings (SSSR count). The molecule has 2 atom stereocenters. The van der Waals surface area contributed by atoms with Crippen LogP contribution in [-0.4, -0.2) is 24.2 Å². The summed E-state index contributed by atoms with van der Waals surface area (Å²) in [4.78, 5) is 3.75. The first-order chi connectivity index (χ1) is 9.41. The largest absolute Gasteiger partial charge is 0.417 e. The van der Waals surface area contributed by atoms with Crippen LogP contribution < -0.4 is 5.32 Å². The normalized spacial score (nSPS) is 23.1. The molecule has 1 aromatic heterocycles. The van der Waals surface area contributed by atoms with Crippen LogP contribution in [0.25, 0.3) is 0 Å². The van der Waals surface area contributed by atoms with Gasteiger partial charge in [0.2, 0.25) is 0 Å². The molecule has 7 heteroatoms. The monoisotopic (exact) mass is 308 g/mol. The molecule has 1 aliphatic heterocycles. The van der Waals surface area contributed by atoms with Gasteiger partial charge in [0, 0.05) is 25.3 Å². The van der Waals surface area contributed by atoms with Gasteiger partial charge in [0.1, 0.15) is 5.82 Å². The molecule has 0 aliphatic carbocycles. The molecule has 20 heavy (non-hydrogen) atoms. The molecule has 0 bridgehead atoms. The number of halogens is 4. The van der Waals surface area contributed by atoms with Gasteiger partial charge in [0.05, 0.1) is 16.7 Å². The number of nitrogens with one attached hydrogen (secondary N) is 1. The summed E-state index contributed by atoms with van der Waals surface area (Å²) in [6.45, 7) is 3.36. The van der Waals surface area contributed by atoms with Gasteiger partial charge in [-0.2, -0.15) is 13.2 Å². The van der Waals surface area contributed by atoms with Gasteiger partial charge in [-0.3, -0.25) is 0 Å². The van der Waals surface area contributed by atoms with Crippen molar-refractivity contribution in [1.29, 1.82) is 0 Å². The molecule has 112 valence electrons. The van der Waals surface area contributed by atoms with E-state index in [1.54, 1.807) is 0 Å². The SMILES string of the molecule is CCC1OCCC1CNc1ncc(C(F)(F)F)cc1Cl. The minimum absolute atomic E-state index is 0.0215. The van der Waals surface area contributed by atoms with Crippen molar-refractivity contribution < 1.29 is 17.9 Å². The van der Waals surface area contributed by atoms with E-state index in [9.17, 15) is 13.2 Å². The third-order valence-corrected chi connectivity index (χ3v) is 3.74. The average molecular weight is 309 g/mol. The molecule has 0 amide bonds. The van der Waals surface area contributed by atoms with Crippen LogP contribution in [0.2, 0.25) is 5.02 Å². The fourth-order valence-electron chi connectivity index (χ4n) is 2.33. The number of nitrogens with zero attached hydrogens (tertiary/aromatic N) is 1. The lowest BCUT2D eigenvalue weighted by Crippen LogP contribution is -2.23. The zero-order chi connectivity index (χ0) is 14.8. The maximum absolute atomic E-state index is 12.5. The lowest BCUT2D eigenvalue weighted by Gasteiger charge is -2.18. The second-order valence-corrected chi connectivity index (χ2v) is 5.21. The van der Waals surface area contributed by atoms with Gasteiger partial charge in [-0.05, 0) is 18.9 Å². The molecule has 2 heterocycles. The lowest BCUT2D eigenvalue weighted by atomic mass is 10.00. The maximum atomic E-state index is 12.5. The van der Waals surface area contributed by atoms with Crippen LogP contribution in [-0.2, 0) is 10.9 Å². The highest BCUT2D eigenvalue weighted by molar-refractivity contribution is 6.32. The fourth-order valence-corrected chi connectivity index (χ4v) is 2.56. The van der Waals surface area contributed by atoms with E-state index in [1.807, 2.05) is 6.92 Å². The number of alkyl halides is 3. The highest BCUT2D eigenvalue weighted by Crippen LogP contribution is 2.32. The highest BCUT2D eigenvalue weighted by atomic mass is 35.5. The molecule has 0 aromatic carbocycles. The predicted octanol–water partition coefficient (Wildman–Crippen LogP) is 3.98. The number of ether oxygens (including phenoxy) is 1. The Morgan fingerprint density at radius 3 is 2.85 bits per heavy atom. The molecule has 1 aromatic rings.